The highest BCUT2D eigenvalue weighted by molar-refractivity contribution is 7.92. The van der Waals surface area contributed by atoms with E-state index in [-0.39, 0.29) is 43.2 Å². The van der Waals surface area contributed by atoms with Gasteiger partial charge in [0.25, 0.3) is 0 Å². The molecule has 2 aromatic rings. The van der Waals surface area contributed by atoms with Crippen molar-refractivity contribution in [3.05, 3.63) is 58.5 Å². The lowest BCUT2D eigenvalue weighted by molar-refractivity contribution is -0.141. The minimum Gasteiger partial charge on any atom is -0.378 e. The summed E-state index contributed by atoms with van der Waals surface area (Å²) < 4.78 is 123. The van der Waals surface area contributed by atoms with Gasteiger partial charge in [-0.2, -0.15) is 26.3 Å². The van der Waals surface area contributed by atoms with Crippen molar-refractivity contribution in [1.29, 1.82) is 0 Å². The molecule has 1 saturated heterocycles. The largest absolute Gasteiger partial charge is 0.433 e. The van der Waals surface area contributed by atoms with Gasteiger partial charge in [-0.3, -0.25) is 9.52 Å². The maximum atomic E-state index is 14.3. The van der Waals surface area contributed by atoms with Crippen LogP contribution in [0, 0.1) is 5.82 Å². The van der Waals surface area contributed by atoms with Gasteiger partial charge in [-0.1, -0.05) is 0 Å². The Balaban J connectivity index is 1.80. The van der Waals surface area contributed by atoms with Gasteiger partial charge in [0.2, 0.25) is 15.9 Å². The van der Waals surface area contributed by atoms with E-state index < -0.39 is 57.6 Å². The Hall–Kier alpha value is -3.40. The molecule has 38 heavy (non-hydrogen) atoms. The molecule has 1 fully saturated rings. The Morgan fingerprint density at radius 1 is 1.11 bits per heavy atom. The molecule has 208 valence electrons. The minimum absolute atomic E-state index is 0.0296. The quantitative estimate of drug-likeness (QED) is 0.388. The van der Waals surface area contributed by atoms with Crippen molar-refractivity contribution in [3.63, 3.8) is 0 Å². The van der Waals surface area contributed by atoms with E-state index >= 15 is 0 Å². The van der Waals surface area contributed by atoms with Crippen LogP contribution in [0.1, 0.15) is 22.4 Å². The lowest BCUT2D eigenvalue weighted by Gasteiger charge is -2.29. The summed E-state index contributed by atoms with van der Waals surface area (Å²) in [5.41, 5.74) is -4.14. The zero-order valence-electron chi connectivity index (χ0n) is 19.6. The van der Waals surface area contributed by atoms with Crippen molar-refractivity contribution >= 4 is 33.5 Å². The van der Waals surface area contributed by atoms with Crippen molar-refractivity contribution in [3.8, 4) is 0 Å². The molecule has 2 N–H and O–H groups in total. The number of nitrogens with one attached hydrogen (secondary N) is 2. The van der Waals surface area contributed by atoms with Gasteiger partial charge < -0.3 is 15.0 Å². The summed E-state index contributed by atoms with van der Waals surface area (Å²) in [6.45, 7) is 0.480. The molecule has 0 aliphatic carbocycles. The molecule has 1 aromatic heterocycles. The molecule has 0 radical (unpaired) electrons. The number of ether oxygens (including phenoxy) is 1. The van der Waals surface area contributed by atoms with Gasteiger partial charge in [0.1, 0.15) is 17.3 Å². The number of carbonyl (C=O) groups excluding carboxylic acids is 1. The Labute approximate surface area is 212 Å². The van der Waals surface area contributed by atoms with E-state index in [9.17, 15) is 43.9 Å². The number of pyridine rings is 1. The second kappa shape index (κ2) is 11.1. The fourth-order valence-corrected chi connectivity index (χ4v) is 4.04. The number of hydrogen-bond acceptors (Lipinski definition) is 6. The Morgan fingerprint density at radius 2 is 1.76 bits per heavy atom. The topological polar surface area (TPSA) is 101 Å². The molecule has 3 rings (SSSR count). The monoisotopic (exact) mass is 570 g/mol. The van der Waals surface area contributed by atoms with Gasteiger partial charge in [0.05, 0.1) is 30.7 Å². The number of carbonyl (C=O) groups is 1. The number of aromatic nitrogens is 1. The number of nitrogens with zero attached hydrogens (tertiary/aromatic N) is 2. The molecule has 1 aliphatic rings. The molecular weight excluding hydrogens is 549 g/mol. The van der Waals surface area contributed by atoms with Crippen LogP contribution in [0.3, 0.4) is 0 Å². The third-order valence-corrected chi connectivity index (χ3v) is 5.71. The molecule has 1 aliphatic heterocycles. The van der Waals surface area contributed by atoms with Crippen molar-refractivity contribution in [1.82, 2.24) is 10.3 Å². The SMILES string of the molecule is CS(=O)(=O)Nc1c(F)cc(CNC(=O)/C=C/c2ccc(C(F)(F)F)nc2N2CCOCC2)cc1C(F)(F)F. The highest BCUT2D eigenvalue weighted by Crippen LogP contribution is 2.37. The zero-order chi connectivity index (χ0) is 28.3. The van der Waals surface area contributed by atoms with Crippen LogP contribution in [-0.2, 0) is 38.5 Å². The van der Waals surface area contributed by atoms with E-state index in [4.69, 9.17) is 4.74 Å². The summed E-state index contributed by atoms with van der Waals surface area (Å²) in [5.74, 6) is -2.38. The van der Waals surface area contributed by atoms with E-state index in [1.54, 1.807) is 4.90 Å². The molecule has 8 nitrogen and oxygen atoms in total. The van der Waals surface area contributed by atoms with E-state index in [1.807, 2.05) is 0 Å². The number of halogens is 7. The molecule has 0 atom stereocenters. The first-order chi connectivity index (χ1) is 17.5. The van der Waals surface area contributed by atoms with Crippen LogP contribution in [0.25, 0.3) is 6.08 Å². The van der Waals surface area contributed by atoms with Crippen LogP contribution in [0.4, 0.5) is 42.2 Å². The summed E-state index contributed by atoms with van der Waals surface area (Å²) in [6, 6.07) is 2.98. The third-order valence-electron chi connectivity index (χ3n) is 5.13. The van der Waals surface area contributed by atoms with E-state index in [1.165, 1.54) is 10.8 Å². The highest BCUT2D eigenvalue weighted by Gasteiger charge is 2.36. The van der Waals surface area contributed by atoms with Crippen molar-refractivity contribution in [2.75, 3.05) is 42.2 Å². The van der Waals surface area contributed by atoms with Gasteiger partial charge in [0, 0.05) is 31.3 Å². The first-order valence-corrected chi connectivity index (χ1v) is 12.7. The lowest BCUT2D eigenvalue weighted by Crippen LogP contribution is -2.37. The highest BCUT2D eigenvalue weighted by atomic mass is 32.2. The zero-order valence-corrected chi connectivity index (χ0v) is 20.4. The second-order valence-corrected chi connectivity index (χ2v) is 9.88. The minimum atomic E-state index is -5.11. The van der Waals surface area contributed by atoms with Gasteiger partial charge in [-0.05, 0) is 35.9 Å². The van der Waals surface area contributed by atoms with Gasteiger partial charge >= 0.3 is 12.4 Å². The molecule has 2 heterocycles. The number of benzene rings is 1. The lowest BCUT2D eigenvalue weighted by atomic mass is 10.1. The maximum Gasteiger partial charge on any atom is 0.433 e. The Kier molecular flexibility index (Phi) is 8.55. The normalized spacial score (nSPS) is 15.1. The smallest absolute Gasteiger partial charge is 0.378 e. The molecule has 16 heteroatoms. The van der Waals surface area contributed by atoms with Crippen LogP contribution in [0.2, 0.25) is 0 Å². The van der Waals surface area contributed by atoms with Crippen LogP contribution in [-0.4, -0.2) is 51.9 Å². The van der Waals surface area contributed by atoms with E-state index in [0.717, 1.165) is 18.2 Å². The number of anilines is 2. The molecule has 1 amide bonds. The van der Waals surface area contributed by atoms with Crippen LogP contribution >= 0.6 is 0 Å². The Bertz CT molecular complexity index is 1320. The van der Waals surface area contributed by atoms with Crippen molar-refractivity contribution in [2.24, 2.45) is 0 Å². The average Bonchev–Trinajstić information content (AvgIpc) is 2.81. The standard InChI is InChI=1S/C22H21F7N4O4S/c1-38(35,36)32-19-15(21(24,25)26)10-13(11-16(19)23)12-30-18(34)5-3-14-2-4-17(22(27,28)29)31-20(14)33-6-8-37-9-7-33/h2-5,10-11,32H,6-9,12H2,1H3,(H,30,34)/b5-3+. The average molecular weight is 570 g/mol. The maximum absolute atomic E-state index is 14.3. The number of alkyl halides is 6. The number of morpholine rings is 1. The van der Waals surface area contributed by atoms with Gasteiger partial charge in [-0.15, -0.1) is 0 Å². The fourth-order valence-electron chi connectivity index (χ4n) is 3.47. The van der Waals surface area contributed by atoms with Crippen LogP contribution in [0.5, 0.6) is 0 Å². The van der Waals surface area contributed by atoms with Crippen LogP contribution in [0.15, 0.2) is 30.3 Å². The van der Waals surface area contributed by atoms with E-state index in [2.05, 4.69) is 10.3 Å². The van der Waals surface area contributed by atoms with Crippen molar-refractivity contribution < 1.29 is 48.7 Å². The molecule has 0 unspecified atom stereocenters. The number of rotatable bonds is 7. The van der Waals surface area contributed by atoms with Crippen LogP contribution < -0.4 is 14.9 Å². The molecule has 0 saturated carbocycles. The Morgan fingerprint density at radius 3 is 2.34 bits per heavy atom. The summed E-state index contributed by atoms with van der Waals surface area (Å²) in [4.78, 5) is 17.5. The molecule has 0 spiro atoms. The number of amides is 1. The summed E-state index contributed by atoms with van der Waals surface area (Å²) >= 11 is 0. The summed E-state index contributed by atoms with van der Waals surface area (Å²) in [7, 11) is -4.22. The number of sulfonamides is 1. The molecule has 0 bridgehead atoms. The second-order valence-electron chi connectivity index (χ2n) is 8.13. The molecule has 1 aromatic carbocycles. The first kappa shape index (κ1) is 29.2. The first-order valence-electron chi connectivity index (χ1n) is 10.8. The van der Waals surface area contributed by atoms with E-state index in [0.29, 0.717) is 18.4 Å². The summed E-state index contributed by atoms with van der Waals surface area (Å²) in [5, 5.41) is 2.25. The van der Waals surface area contributed by atoms with Crippen molar-refractivity contribution in [2.45, 2.75) is 18.9 Å². The number of hydrogen-bond donors (Lipinski definition) is 2. The predicted molar refractivity (Wildman–Crippen MR) is 123 cm³/mol. The van der Waals surface area contributed by atoms with Gasteiger partial charge in [0.15, 0.2) is 0 Å². The molecular formula is C22H21F7N4O4S. The summed E-state index contributed by atoms with van der Waals surface area (Å²) in [6.07, 6.45) is -7.12. The fraction of sp³-hybridized carbons (Fsp3) is 0.364. The van der Waals surface area contributed by atoms with Gasteiger partial charge in [-0.25, -0.2) is 17.8 Å². The third kappa shape index (κ3) is 7.80. The predicted octanol–water partition coefficient (Wildman–Crippen LogP) is 3.80.